The summed E-state index contributed by atoms with van der Waals surface area (Å²) in [6, 6.07) is 6.32. The number of nitrogens with one attached hydrogen (secondary N) is 1. The average Bonchev–Trinajstić information content (AvgIpc) is 2.37. The van der Waals surface area contributed by atoms with E-state index in [1.165, 1.54) is 25.3 Å². The van der Waals surface area contributed by atoms with Crippen molar-refractivity contribution in [2.24, 2.45) is 0 Å². The van der Waals surface area contributed by atoms with Crippen molar-refractivity contribution >= 4 is 33.1 Å². The van der Waals surface area contributed by atoms with E-state index in [0.717, 1.165) is 12.1 Å². The Balaban J connectivity index is 2.40. The van der Waals surface area contributed by atoms with Gasteiger partial charge in [0.25, 0.3) is 10.0 Å². The second-order valence-corrected chi connectivity index (χ2v) is 6.05. The number of nitrogens with zero attached hydrogens (tertiary/aromatic N) is 1. The van der Waals surface area contributed by atoms with Gasteiger partial charge in [-0.3, -0.25) is 4.72 Å². The number of nitrogens with two attached hydrogens (primary N) is 1. The summed E-state index contributed by atoms with van der Waals surface area (Å²) in [6.45, 7) is 0. The molecule has 0 aliphatic rings. The van der Waals surface area contributed by atoms with Crippen LogP contribution in [0.1, 0.15) is 0 Å². The van der Waals surface area contributed by atoms with Gasteiger partial charge in [0, 0.05) is 0 Å². The summed E-state index contributed by atoms with van der Waals surface area (Å²) in [6.07, 6.45) is 0. The van der Waals surface area contributed by atoms with Crippen molar-refractivity contribution in [2.45, 2.75) is 4.90 Å². The third-order valence-corrected chi connectivity index (χ3v) is 4.06. The van der Waals surface area contributed by atoms with Gasteiger partial charge in [-0.2, -0.15) is 0 Å². The minimum Gasteiger partial charge on any atom is -0.492 e. The van der Waals surface area contributed by atoms with Gasteiger partial charge in [-0.25, -0.2) is 17.8 Å². The second-order valence-electron chi connectivity index (χ2n) is 3.98. The second kappa shape index (κ2) is 5.74. The van der Waals surface area contributed by atoms with E-state index in [-0.39, 0.29) is 27.3 Å². The van der Waals surface area contributed by atoms with Crippen LogP contribution in [-0.2, 0) is 10.0 Å². The fourth-order valence-electron chi connectivity index (χ4n) is 1.62. The minimum absolute atomic E-state index is 0.0114. The van der Waals surface area contributed by atoms with Gasteiger partial charge in [-0.05, 0) is 24.3 Å². The van der Waals surface area contributed by atoms with Crippen molar-refractivity contribution in [2.75, 3.05) is 17.6 Å². The van der Waals surface area contributed by atoms with Crippen LogP contribution in [0.25, 0.3) is 0 Å². The molecule has 1 aromatic carbocycles. The van der Waals surface area contributed by atoms with Gasteiger partial charge in [0.05, 0.1) is 17.7 Å². The molecule has 0 saturated carbocycles. The van der Waals surface area contributed by atoms with Crippen LogP contribution in [0.4, 0.5) is 15.9 Å². The lowest BCUT2D eigenvalue weighted by Gasteiger charge is -2.11. The predicted octanol–water partition coefficient (Wildman–Crippen LogP) is 2.27. The third kappa shape index (κ3) is 3.34. The van der Waals surface area contributed by atoms with Gasteiger partial charge in [0.2, 0.25) is 0 Å². The quantitative estimate of drug-likeness (QED) is 0.662. The fourth-order valence-corrected chi connectivity index (χ4v) is 2.83. The summed E-state index contributed by atoms with van der Waals surface area (Å²) in [5.41, 5.74) is 5.43. The van der Waals surface area contributed by atoms with Crippen LogP contribution in [0, 0.1) is 5.82 Å². The first-order valence-corrected chi connectivity index (χ1v) is 7.48. The van der Waals surface area contributed by atoms with Crippen LogP contribution in [-0.4, -0.2) is 20.5 Å². The summed E-state index contributed by atoms with van der Waals surface area (Å²) < 4.78 is 44.9. The largest absolute Gasteiger partial charge is 0.492 e. The number of ether oxygens (including phenoxy) is 1. The Labute approximate surface area is 125 Å². The van der Waals surface area contributed by atoms with Gasteiger partial charge in [-0.1, -0.05) is 17.7 Å². The van der Waals surface area contributed by atoms with Crippen LogP contribution in [0.2, 0.25) is 5.15 Å². The number of hydrogen-bond donors (Lipinski definition) is 2. The lowest BCUT2D eigenvalue weighted by atomic mass is 10.3. The van der Waals surface area contributed by atoms with Crippen molar-refractivity contribution in [3.05, 3.63) is 41.3 Å². The predicted molar refractivity (Wildman–Crippen MR) is 77.4 cm³/mol. The highest BCUT2D eigenvalue weighted by atomic mass is 35.5. The molecule has 1 aromatic heterocycles. The number of hydrogen-bond acceptors (Lipinski definition) is 5. The van der Waals surface area contributed by atoms with E-state index >= 15 is 0 Å². The molecule has 0 atom stereocenters. The summed E-state index contributed by atoms with van der Waals surface area (Å²) in [7, 11) is -2.81. The molecule has 2 aromatic rings. The molecular formula is C12H11ClFN3O3S. The number of aromatic nitrogens is 1. The van der Waals surface area contributed by atoms with Gasteiger partial charge < -0.3 is 10.5 Å². The molecule has 0 aliphatic heterocycles. The Morgan fingerprint density at radius 1 is 1.38 bits per heavy atom. The topological polar surface area (TPSA) is 94.3 Å². The van der Waals surface area contributed by atoms with Gasteiger partial charge in [0.1, 0.15) is 11.0 Å². The van der Waals surface area contributed by atoms with E-state index in [1.54, 1.807) is 0 Å². The number of sulfonamides is 1. The zero-order valence-electron chi connectivity index (χ0n) is 10.8. The summed E-state index contributed by atoms with van der Waals surface area (Å²) in [4.78, 5) is 3.44. The Hall–Kier alpha value is -2.06. The maximum absolute atomic E-state index is 13.7. The number of methoxy groups -OCH3 is 1. The molecule has 1 heterocycles. The molecule has 112 valence electrons. The molecule has 0 radical (unpaired) electrons. The minimum atomic E-state index is -4.05. The summed E-state index contributed by atoms with van der Waals surface area (Å²) >= 11 is 5.67. The Morgan fingerprint density at radius 2 is 2.10 bits per heavy atom. The molecule has 3 N–H and O–H groups in total. The number of nitrogen functional groups attached to an aromatic ring is 1. The summed E-state index contributed by atoms with van der Waals surface area (Å²) in [5, 5.41) is 0.121. The Morgan fingerprint density at radius 3 is 2.67 bits per heavy atom. The van der Waals surface area contributed by atoms with Crippen molar-refractivity contribution in [3.63, 3.8) is 0 Å². The highest BCUT2D eigenvalue weighted by Gasteiger charge is 2.20. The normalized spacial score (nSPS) is 11.2. The van der Waals surface area contributed by atoms with E-state index in [9.17, 15) is 12.8 Å². The molecule has 6 nitrogen and oxygen atoms in total. The number of rotatable bonds is 4. The Bertz CT molecular complexity index is 760. The number of benzene rings is 1. The lowest BCUT2D eigenvalue weighted by molar-refractivity contribution is 0.388. The van der Waals surface area contributed by atoms with Crippen LogP contribution in [0.5, 0.6) is 5.75 Å². The highest BCUT2D eigenvalue weighted by molar-refractivity contribution is 7.92. The summed E-state index contributed by atoms with van der Waals surface area (Å²) in [5.74, 6) is -1.08. The molecule has 0 spiro atoms. The van der Waals surface area contributed by atoms with Gasteiger partial charge >= 0.3 is 0 Å². The van der Waals surface area contributed by atoms with E-state index in [0.29, 0.717) is 0 Å². The van der Waals surface area contributed by atoms with Crippen molar-refractivity contribution in [1.82, 2.24) is 4.98 Å². The molecule has 21 heavy (non-hydrogen) atoms. The maximum Gasteiger partial charge on any atom is 0.263 e. The smallest absolute Gasteiger partial charge is 0.263 e. The van der Waals surface area contributed by atoms with Crippen molar-refractivity contribution in [1.29, 1.82) is 0 Å². The molecule has 0 saturated heterocycles. The number of pyridine rings is 1. The molecule has 9 heteroatoms. The van der Waals surface area contributed by atoms with E-state index in [4.69, 9.17) is 22.1 Å². The van der Waals surface area contributed by atoms with Crippen LogP contribution >= 0.6 is 11.6 Å². The van der Waals surface area contributed by atoms with Crippen molar-refractivity contribution < 1.29 is 17.5 Å². The first-order chi connectivity index (χ1) is 9.83. The van der Waals surface area contributed by atoms with Gasteiger partial charge in [0.15, 0.2) is 11.6 Å². The van der Waals surface area contributed by atoms with Gasteiger partial charge in [-0.15, -0.1) is 0 Å². The van der Waals surface area contributed by atoms with E-state index in [2.05, 4.69) is 9.71 Å². The molecule has 2 rings (SSSR count). The molecule has 0 unspecified atom stereocenters. The zero-order chi connectivity index (χ0) is 15.6. The monoisotopic (exact) mass is 331 g/mol. The highest BCUT2D eigenvalue weighted by Crippen LogP contribution is 2.29. The molecule has 0 fully saturated rings. The maximum atomic E-state index is 13.7. The van der Waals surface area contributed by atoms with Crippen LogP contribution in [0.3, 0.4) is 0 Å². The Kier molecular flexibility index (Phi) is 4.19. The molecule has 0 aliphatic carbocycles. The standard InChI is InChI=1S/C12H11ClFN3O3S/c1-20-12-8(14)5-7(6-9(12)15)21(18,19)17-11-4-2-3-10(13)16-11/h2-6H,15H2,1H3,(H,16,17). The van der Waals surface area contributed by atoms with Crippen LogP contribution < -0.4 is 15.2 Å². The first-order valence-electron chi connectivity index (χ1n) is 5.62. The van der Waals surface area contributed by atoms with E-state index in [1.807, 2.05) is 0 Å². The fraction of sp³-hybridized carbons (Fsp3) is 0.0833. The number of anilines is 2. The molecular weight excluding hydrogens is 321 g/mol. The first kappa shape index (κ1) is 15.3. The third-order valence-electron chi connectivity index (χ3n) is 2.51. The van der Waals surface area contributed by atoms with Crippen LogP contribution in [0.15, 0.2) is 35.2 Å². The average molecular weight is 332 g/mol. The number of halogens is 2. The van der Waals surface area contributed by atoms with E-state index < -0.39 is 15.8 Å². The molecule has 0 amide bonds. The zero-order valence-corrected chi connectivity index (χ0v) is 12.4. The molecule has 0 bridgehead atoms. The SMILES string of the molecule is COc1c(N)cc(S(=O)(=O)Nc2cccc(Cl)n2)cc1F. The van der Waals surface area contributed by atoms with Crippen molar-refractivity contribution in [3.8, 4) is 5.75 Å². The lowest BCUT2D eigenvalue weighted by Crippen LogP contribution is -2.15.